The van der Waals surface area contributed by atoms with Crippen molar-refractivity contribution in [2.75, 3.05) is 52.5 Å². The molecule has 22 heavy (non-hydrogen) atoms. The molecule has 2 saturated heterocycles. The van der Waals surface area contributed by atoms with Gasteiger partial charge in [0.15, 0.2) is 5.96 Å². The van der Waals surface area contributed by atoms with Gasteiger partial charge in [-0.15, -0.1) is 0 Å². The molecule has 0 amide bonds. The lowest BCUT2D eigenvalue weighted by Crippen LogP contribution is -2.49. The summed E-state index contributed by atoms with van der Waals surface area (Å²) < 4.78 is 11.2. The topological polar surface area (TPSA) is 49.3 Å². The van der Waals surface area contributed by atoms with Crippen LogP contribution in [0.4, 0.5) is 0 Å². The van der Waals surface area contributed by atoms with Gasteiger partial charge in [0.05, 0.1) is 32.0 Å². The van der Waals surface area contributed by atoms with Gasteiger partial charge < -0.3 is 19.7 Å². The van der Waals surface area contributed by atoms with E-state index in [0.29, 0.717) is 18.2 Å². The summed E-state index contributed by atoms with van der Waals surface area (Å²) in [6, 6.07) is 0.644. The lowest BCUT2D eigenvalue weighted by molar-refractivity contribution is -0.0669. The van der Waals surface area contributed by atoms with Crippen molar-refractivity contribution in [3.8, 4) is 0 Å². The van der Waals surface area contributed by atoms with Crippen LogP contribution < -0.4 is 5.32 Å². The van der Waals surface area contributed by atoms with Gasteiger partial charge in [0.25, 0.3) is 0 Å². The summed E-state index contributed by atoms with van der Waals surface area (Å²) in [4.78, 5) is 9.67. The van der Waals surface area contributed by atoms with Crippen LogP contribution in [0.2, 0.25) is 0 Å². The Labute approximate surface area is 133 Å². The van der Waals surface area contributed by atoms with Crippen molar-refractivity contribution in [3.05, 3.63) is 0 Å². The number of hydrogen-bond donors (Lipinski definition) is 1. The Morgan fingerprint density at radius 2 is 1.82 bits per heavy atom. The van der Waals surface area contributed by atoms with Crippen molar-refractivity contribution >= 4 is 5.96 Å². The number of rotatable bonds is 4. The van der Waals surface area contributed by atoms with E-state index in [9.17, 15) is 0 Å². The fourth-order valence-corrected chi connectivity index (χ4v) is 3.19. The number of nitrogens with zero attached hydrogens (tertiary/aromatic N) is 3. The molecule has 0 spiro atoms. The Bertz CT molecular complexity index is 370. The van der Waals surface area contributed by atoms with Crippen LogP contribution in [-0.4, -0.2) is 86.5 Å². The van der Waals surface area contributed by atoms with Crippen molar-refractivity contribution in [2.24, 2.45) is 4.99 Å². The molecule has 1 N–H and O–H groups in total. The van der Waals surface area contributed by atoms with Gasteiger partial charge in [-0.2, -0.15) is 0 Å². The molecular weight excluding hydrogens is 280 g/mol. The standard InChI is InChI=1S/C16H30N4O2/c1-13-11-19(12-14(2)22-13)6-5-17-16(18-15-3-4-15)20-7-9-21-10-8-20/h13-15H,3-12H2,1-2H3,(H,17,18). The van der Waals surface area contributed by atoms with Gasteiger partial charge >= 0.3 is 0 Å². The molecule has 3 rings (SSSR count). The summed E-state index contributed by atoms with van der Waals surface area (Å²) in [5.74, 6) is 1.08. The molecule has 0 aromatic heterocycles. The third-order valence-electron chi connectivity index (χ3n) is 4.39. The van der Waals surface area contributed by atoms with Crippen LogP contribution in [0.25, 0.3) is 0 Å². The molecular formula is C16H30N4O2. The molecule has 2 unspecified atom stereocenters. The van der Waals surface area contributed by atoms with Gasteiger partial charge in [0, 0.05) is 38.8 Å². The van der Waals surface area contributed by atoms with Crippen LogP contribution in [0.15, 0.2) is 4.99 Å². The average Bonchev–Trinajstić information content (AvgIpc) is 3.30. The first-order valence-corrected chi connectivity index (χ1v) is 8.72. The van der Waals surface area contributed by atoms with Gasteiger partial charge in [0.2, 0.25) is 0 Å². The number of nitrogens with one attached hydrogen (secondary N) is 1. The summed E-state index contributed by atoms with van der Waals surface area (Å²) in [5.41, 5.74) is 0. The minimum atomic E-state index is 0.330. The molecule has 0 bridgehead atoms. The zero-order valence-corrected chi connectivity index (χ0v) is 14.0. The van der Waals surface area contributed by atoms with Gasteiger partial charge in [-0.1, -0.05) is 0 Å². The Morgan fingerprint density at radius 1 is 1.14 bits per heavy atom. The fourth-order valence-electron chi connectivity index (χ4n) is 3.19. The smallest absolute Gasteiger partial charge is 0.194 e. The van der Waals surface area contributed by atoms with Crippen molar-refractivity contribution in [3.63, 3.8) is 0 Å². The third kappa shape index (κ3) is 4.83. The first-order valence-electron chi connectivity index (χ1n) is 8.72. The van der Waals surface area contributed by atoms with Gasteiger partial charge in [-0.05, 0) is 26.7 Å². The molecule has 3 fully saturated rings. The van der Waals surface area contributed by atoms with E-state index in [4.69, 9.17) is 14.5 Å². The van der Waals surface area contributed by atoms with Crippen LogP contribution in [0, 0.1) is 0 Å². The summed E-state index contributed by atoms with van der Waals surface area (Å²) in [7, 11) is 0. The number of hydrogen-bond acceptors (Lipinski definition) is 4. The maximum absolute atomic E-state index is 5.79. The van der Waals surface area contributed by atoms with Gasteiger partial charge in [0.1, 0.15) is 0 Å². The predicted octanol–water partition coefficient (Wildman–Crippen LogP) is 0.536. The highest BCUT2D eigenvalue weighted by atomic mass is 16.5. The van der Waals surface area contributed by atoms with Crippen LogP contribution in [-0.2, 0) is 9.47 Å². The van der Waals surface area contributed by atoms with E-state index in [2.05, 4.69) is 29.0 Å². The van der Waals surface area contributed by atoms with Crippen LogP contribution in [0.3, 0.4) is 0 Å². The predicted molar refractivity (Wildman–Crippen MR) is 87.3 cm³/mol. The van der Waals surface area contributed by atoms with E-state index in [0.717, 1.165) is 58.4 Å². The number of aliphatic imine (C=N–C) groups is 1. The molecule has 2 heterocycles. The Morgan fingerprint density at radius 3 is 2.45 bits per heavy atom. The molecule has 6 heteroatoms. The first-order chi connectivity index (χ1) is 10.7. The molecule has 6 nitrogen and oxygen atoms in total. The second-order valence-corrected chi connectivity index (χ2v) is 6.74. The number of ether oxygens (including phenoxy) is 2. The van der Waals surface area contributed by atoms with Gasteiger partial charge in [-0.25, -0.2) is 0 Å². The fraction of sp³-hybridized carbons (Fsp3) is 0.938. The van der Waals surface area contributed by atoms with E-state index >= 15 is 0 Å². The lowest BCUT2D eigenvalue weighted by atomic mass is 10.2. The molecule has 0 aromatic rings. The molecule has 1 aliphatic carbocycles. The zero-order valence-electron chi connectivity index (χ0n) is 14.0. The summed E-state index contributed by atoms with van der Waals surface area (Å²) >= 11 is 0. The Kier molecular flexibility index (Phi) is 5.55. The quantitative estimate of drug-likeness (QED) is 0.606. The van der Waals surface area contributed by atoms with E-state index < -0.39 is 0 Å². The average molecular weight is 310 g/mol. The lowest BCUT2D eigenvalue weighted by Gasteiger charge is -2.35. The van der Waals surface area contributed by atoms with Crippen LogP contribution in [0.5, 0.6) is 0 Å². The first kappa shape index (κ1) is 16.0. The Balaban J connectivity index is 1.50. The molecule has 1 saturated carbocycles. The second kappa shape index (κ2) is 7.62. The van der Waals surface area contributed by atoms with Crippen LogP contribution >= 0.6 is 0 Å². The van der Waals surface area contributed by atoms with E-state index in [1.54, 1.807) is 0 Å². The second-order valence-electron chi connectivity index (χ2n) is 6.74. The van der Waals surface area contributed by atoms with Crippen molar-refractivity contribution in [2.45, 2.75) is 44.9 Å². The molecule has 126 valence electrons. The minimum absolute atomic E-state index is 0.330. The molecule has 2 atom stereocenters. The summed E-state index contributed by atoms with van der Waals surface area (Å²) in [6.45, 7) is 11.7. The van der Waals surface area contributed by atoms with Crippen LogP contribution in [0.1, 0.15) is 26.7 Å². The van der Waals surface area contributed by atoms with Crippen molar-refractivity contribution in [1.29, 1.82) is 0 Å². The number of morpholine rings is 2. The normalized spacial score (nSPS) is 31.4. The van der Waals surface area contributed by atoms with E-state index in [1.807, 2.05) is 0 Å². The number of guanidine groups is 1. The largest absolute Gasteiger partial charge is 0.378 e. The van der Waals surface area contributed by atoms with Gasteiger partial charge in [-0.3, -0.25) is 9.89 Å². The van der Waals surface area contributed by atoms with Crippen molar-refractivity contribution < 1.29 is 9.47 Å². The minimum Gasteiger partial charge on any atom is -0.378 e. The Hall–Kier alpha value is -0.850. The van der Waals surface area contributed by atoms with E-state index in [-0.39, 0.29) is 0 Å². The SMILES string of the molecule is CC1CN(CCN=C(NC2CC2)N2CCOCC2)CC(C)O1. The summed E-state index contributed by atoms with van der Waals surface area (Å²) in [5, 5.41) is 3.59. The monoisotopic (exact) mass is 310 g/mol. The molecule has 2 aliphatic heterocycles. The maximum atomic E-state index is 5.79. The zero-order chi connectivity index (χ0) is 15.4. The molecule has 0 radical (unpaired) electrons. The maximum Gasteiger partial charge on any atom is 0.194 e. The summed E-state index contributed by atoms with van der Waals surface area (Å²) in [6.07, 6.45) is 3.22. The third-order valence-corrected chi connectivity index (χ3v) is 4.39. The van der Waals surface area contributed by atoms with Crippen molar-refractivity contribution in [1.82, 2.24) is 15.1 Å². The highest BCUT2D eigenvalue weighted by Gasteiger charge is 2.26. The van der Waals surface area contributed by atoms with E-state index in [1.165, 1.54) is 12.8 Å². The molecule has 0 aromatic carbocycles. The highest BCUT2D eigenvalue weighted by molar-refractivity contribution is 5.80. The molecule has 3 aliphatic rings. The highest BCUT2D eigenvalue weighted by Crippen LogP contribution is 2.19.